The summed E-state index contributed by atoms with van der Waals surface area (Å²) in [6.45, 7) is 5.08. The number of thiophene rings is 1. The quantitative estimate of drug-likeness (QED) is 0.720. The SMILES string of the molecule is CCCOc1ccc(/C=C(\C(=O)O)c2cccs2)cc1OCC. The Hall–Kier alpha value is -2.27. The molecule has 4 nitrogen and oxygen atoms in total. The van der Waals surface area contributed by atoms with Crippen LogP contribution in [0, 0.1) is 0 Å². The van der Waals surface area contributed by atoms with E-state index in [0.717, 1.165) is 16.9 Å². The summed E-state index contributed by atoms with van der Waals surface area (Å²) in [6, 6.07) is 9.10. The van der Waals surface area contributed by atoms with Gasteiger partial charge in [0.2, 0.25) is 0 Å². The lowest BCUT2D eigenvalue weighted by atomic mass is 10.1. The molecule has 0 aliphatic rings. The van der Waals surface area contributed by atoms with Crippen LogP contribution in [-0.2, 0) is 4.79 Å². The molecule has 0 saturated carbocycles. The van der Waals surface area contributed by atoms with Crippen molar-refractivity contribution in [2.45, 2.75) is 20.3 Å². The molecule has 0 unspecified atom stereocenters. The first-order valence-corrected chi connectivity index (χ1v) is 8.42. The third-order valence-electron chi connectivity index (χ3n) is 3.06. The standard InChI is InChI=1S/C18H20O4S/c1-3-9-22-15-8-7-13(12-16(15)21-4-2)11-14(18(19)20)17-6-5-10-23-17/h5-8,10-12H,3-4,9H2,1-2H3,(H,19,20)/b14-11-. The molecule has 0 aliphatic heterocycles. The molecule has 0 bridgehead atoms. The minimum Gasteiger partial charge on any atom is -0.490 e. The van der Waals surface area contributed by atoms with Gasteiger partial charge < -0.3 is 14.6 Å². The van der Waals surface area contributed by atoms with Crippen molar-refractivity contribution in [3.63, 3.8) is 0 Å². The molecule has 0 radical (unpaired) electrons. The van der Waals surface area contributed by atoms with E-state index in [9.17, 15) is 9.90 Å². The maximum absolute atomic E-state index is 11.5. The molecule has 1 N–H and O–H groups in total. The fourth-order valence-corrected chi connectivity index (χ4v) is 2.78. The highest BCUT2D eigenvalue weighted by Gasteiger charge is 2.12. The Morgan fingerprint density at radius 1 is 1.22 bits per heavy atom. The molecule has 23 heavy (non-hydrogen) atoms. The Morgan fingerprint density at radius 3 is 2.65 bits per heavy atom. The lowest BCUT2D eigenvalue weighted by Gasteiger charge is -2.12. The average molecular weight is 332 g/mol. The number of aliphatic carboxylic acids is 1. The van der Waals surface area contributed by atoms with Crippen LogP contribution in [0.1, 0.15) is 30.7 Å². The van der Waals surface area contributed by atoms with Gasteiger partial charge >= 0.3 is 5.97 Å². The summed E-state index contributed by atoms with van der Waals surface area (Å²) in [4.78, 5) is 12.2. The van der Waals surface area contributed by atoms with Crippen molar-refractivity contribution >= 4 is 29.0 Å². The van der Waals surface area contributed by atoms with Gasteiger partial charge in [-0.1, -0.05) is 19.1 Å². The number of rotatable bonds is 8. The topological polar surface area (TPSA) is 55.8 Å². The van der Waals surface area contributed by atoms with Crippen LogP contribution in [0.5, 0.6) is 11.5 Å². The van der Waals surface area contributed by atoms with Crippen LogP contribution < -0.4 is 9.47 Å². The number of carboxylic acids is 1. The van der Waals surface area contributed by atoms with Crippen LogP contribution in [0.3, 0.4) is 0 Å². The van der Waals surface area contributed by atoms with Gasteiger partial charge in [-0.05, 0) is 48.6 Å². The fourth-order valence-electron chi connectivity index (χ4n) is 2.05. The molecule has 1 aromatic carbocycles. The minimum absolute atomic E-state index is 0.268. The summed E-state index contributed by atoms with van der Waals surface area (Å²) in [7, 11) is 0. The summed E-state index contributed by atoms with van der Waals surface area (Å²) < 4.78 is 11.3. The number of hydrogen-bond donors (Lipinski definition) is 1. The smallest absolute Gasteiger partial charge is 0.337 e. The highest BCUT2D eigenvalue weighted by atomic mass is 32.1. The second-order valence-electron chi connectivity index (χ2n) is 4.83. The van der Waals surface area contributed by atoms with Crippen LogP contribution >= 0.6 is 11.3 Å². The summed E-state index contributed by atoms with van der Waals surface area (Å²) in [5.41, 5.74) is 1.03. The van der Waals surface area contributed by atoms with E-state index in [-0.39, 0.29) is 5.57 Å². The summed E-state index contributed by atoms with van der Waals surface area (Å²) in [5.74, 6) is 0.362. The highest BCUT2D eigenvalue weighted by Crippen LogP contribution is 2.31. The van der Waals surface area contributed by atoms with Gasteiger partial charge in [-0.3, -0.25) is 0 Å². The van der Waals surface area contributed by atoms with Gasteiger partial charge in [0.25, 0.3) is 0 Å². The van der Waals surface area contributed by atoms with Crippen molar-refractivity contribution in [2.75, 3.05) is 13.2 Å². The molecule has 1 heterocycles. The predicted octanol–water partition coefficient (Wildman–Crippen LogP) is 4.56. The first-order valence-electron chi connectivity index (χ1n) is 7.54. The van der Waals surface area contributed by atoms with Crippen molar-refractivity contribution in [3.05, 3.63) is 46.2 Å². The van der Waals surface area contributed by atoms with Crippen LogP contribution in [0.25, 0.3) is 11.6 Å². The zero-order chi connectivity index (χ0) is 16.7. The minimum atomic E-state index is -0.947. The molecular weight excluding hydrogens is 312 g/mol. The number of ether oxygens (including phenoxy) is 2. The Balaban J connectivity index is 2.36. The molecule has 2 rings (SSSR count). The van der Waals surface area contributed by atoms with E-state index in [0.29, 0.717) is 24.7 Å². The van der Waals surface area contributed by atoms with Crippen molar-refractivity contribution in [1.82, 2.24) is 0 Å². The molecule has 0 spiro atoms. The first-order chi connectivity index (χ1) is 11.2. The van der Waals surface area contributed by atoms with E-state index in [4.69, 9.17) is 9.47 Å². The summed E-state index contributed by atoms with van der Waals surface area (Å²) in [5, 5.41) is 11.3. The number of carboxylic acid groups (broad SMARTS) is 1. The van der Waals surface area contributed by atoms with E-state index >= 15 is 0 Å². The van der Waals surface area contributed by atoms with E-state index in [1.807, 2.05) is 43.5 Å². The summed E-state index contributed by atoms with van der Waals surface area (Å²) >= 11 is 1.40. The lowest BCUT2D eigenvalue weighted by molar-refractivity contribution is -0.130. The second kappa shape index (κ2) is 8.39. The molecule has 0 atom stereocenters. The zero-order valence-electron chi connectivity index (χ0n) is 13.2. The lowest BCUT2D eigenvalue weighted by Crippen LogP contribution is -2.01. The Morgan fingerprint density at radius 2 is 2.04 bits per heavy atom. The normalized spacial score (nSPS) is 11.3. The predicted molar refractivity (Wildman–Crippen MR) is 93.2 cm³/mol. The maximum Gasteiger partial charge on any atom is 0.337 e. The number of carbonyl (C=O) groups is 1. The molecule has 0 saturated heterocycles. The van der Waals surface area contributed by atoms with E-state index in [2.05, 4.69) is 0 Å². The molecule has 0 amide bonds. The van der Waals surface area contributed by atoms with Gasteiger partial charge in [0, 0.05) is 4.88 Å². The third kappa shape index (κ3) is 4.60. The molecule has 0 aliphatic carbocycles. The van der Waals surface area contributed by atoms with Gasteiger partial charge in [-0.25, -0.2) is 4.79 Å². The fraction of sp³-hybridized carbons (Fsp3) is 0.278. The molecule has 2 aromatic rings. The van der Waals surface area contributed by atoms with Crippen molar-refractivity contribution < 1.29 is 19.4 Å². The number of benzene rings is 1. The van der Waals surface area contributed by atoms with Crippen LogP contribution in [0.4, 0.5) is 0 Å². The van der Waals surface area contributed by atoms with E-state index in [1.54, 1.807) is 12.1 Å². The molecule has 1 aromatic heterocycles. The monoisotopic (exact) mass is 332 g/mol. The third-order valence-corrected chi connectivity index (χ3v) is 3.96. The molecule has 122 valence electrons. The maximum atomic E-state index is 11.5. The molecule has 0 fully saturated rings. The van der Waals surface area contributed by atoms with Gasteiger partial charge in [-0.2, -0.15) is 0 Å². The summed E-state index contributed by atoms with van der Waals surface area (Å²) in [6.07, 6.45) is 2.56. The van der Waals surface area contributed by atoms with Crippen molar-refractivity contribution in [3.8, 4) is 11.5 Å². The largest absolute Gasteiger partial charge is 0.490 e. The second-order valence-corrected chi connectivity index (χ2v) is 5.78. The van der Waals surface area contributed by atoms with E-state index < -0.39 is 5.97 Å². The zero-order valence-corrected chi connectivity index (χ0v) is 14.1. The van der Waals surface area contributed by atoms with Gasteiger partial charge in [0.15, 0.2) is 11.5 Å². The van der Waals surface area contributed by atoms with Gasteiger partial charge in [0.1, 0.15) is 0 Å². The first kappa shape index (κ1) is 17.1. The Bertz CT molecular complexity index is 674. The Labute approximate surface area is 140 Å². The van der Waals surface area contributed by atoms with E-state index in [1.165, 1.54) is 11.3 Å². The molecular formula is C18H20O4S. The molecule has 5 heteroatoms. The highest BCUT2D eigenvalue weighted by molar-refractivity contribution is 7.11. The van der Waals surface area contributed by atoms with Gasteiger partial charge in [0.05, 0.1) is 18.8 Å². The van der Waals surface area contributed by atoms with Crippen LogP contribution in [-0.4, -0.2) is 24.3 Å². The average Bonchev–Trinajstić information content (AvgIpc) is 3.06. The van der Waals surface area contributed by atoms with Crippen LogP contribution in [0.15, 0.2) is 35.7 Å². The van der Waals surface area contributed by atoms with Crippen LogP contribution in [0.2, 0.25) is 0 Å². The van der Waals surface area contributed by atoms with Crippen molar-refractivity contribution in [1.29, 1.82) is 0 Å². The number of hydrogen-bond acceptors (Lipinski definition) is 4. The Kier molecular flexibility index (Phi) is 6.23. The van der Waals surface area contributed by atoms with Crippen molar-refractivity contribution in [2.24, 2.45) is 0 Å². The van der Waals surface area contributed by atoms with Gasteiger partial charge in [-0.15, -0.1) is 11.3 Å².